The summed E-state index contributed by atoms with van der Waals surface area (Å²) in [5, 5.41) is 2.93. The molecular weight excluding hydrogens is 214 g/mol. The standard InChI is InChI=1S/C13H27N3O/c1-11(2)14-13(17)5-6-15-7-9-16(10-8-15)12(3)4/h11-12H,5-10H2,1-4H3,(H,14,17). The van der Waals surface area contributed by atoms with E-state index < -0.39 is 0 Å². The molecule has 0 radical (unpaired) electrons. The number of carbonyl (C=O) groups excluding carboxylic acids is 1. The minimum absolute atomic E-state index is 0.172. The highest BCUT2D eigenvalue weighted by molar-refractivity contribution is 5.76. The number of rotatable bonds is 5. The van der Waals surface area contributed by atoms with Gasteiger partial charge >= 0.3 is 0 Å². The van der Waals surface area contributed by atoms with E-state index in [0.29, 0.717) is 12.5 Å². The molecule has 0 unspecified atom stereocenters. The maximum atomic E-state index is 11.5. The molecule has 1 saturated heterocycles. The van der Waals surface area contributed by atoms with E-state index in [-0.39, 0.29) is 11.9 Å². The Labute approximate surface area is 105 Å². The van der Waals surface area contributed by atoms with E-state index in [9.17, 15) is 4.79 Å². The molecule has 0 aliphatic carbocycles. The molecule has 1 N–H and O–H groups in total. The molecule has 0 saturated carbocycles. The highest BCUT2D eigenvalue weighted by atomic mass is 16.1. The molecule has 0 aromatic heterocycles. The quantitative estimate of drug-likeness (QED) is 0.778. The largest absolute Gasteiger partial charge is 0.354 e. The lowest BCUT2D eigenvalue weighted by Gasteiger charge is -2.36. The van der Waals surface area contributed by atoms with Gasteiger partial charge < -0.3 is 10.2 Å². The van der Waals surface area contributed by atoms with Crippen LogP contribution in [0.5, 0.6) is 0 Å². The molecule has 100 valence electrons. The van der Waals surface area contributed by atoms with Gasteiger partial charge in [0.15, 0.2) is 0 Å². The molecule has 1 heterocycles. The fraction of sp³-hybridized carbons (Fsp3) is 0.923. The summed E-state index contributed by atoms with van der Waals surface area (Å²) in [6.07, 6.45) is 0.625. The number of hydrogen-bond acceptors (Lipinski definition) is 3. The smallest absolute Gasteiger partial charge is 0.221 e. The third-order valence-corrected chi connectivity index (χ3v) is 3.24. The predicted octanol–water partition coefficient (Wildman–Crippen LogP) is 0.927. The van der Waals surface area contributed by atoms with Crippen LogP contribution in [0.15, 0.2) is 0 Å². The van der Waals surface area contributed by atoms with Crippen molar-refractivity contribution in [3.63, 3.8) is 0 Å². The minimum Gasteiger partial charge on any atom is -0.354 e. The summed E-state index contributed by atoms with van der Waals surface area (Å²) in [4.78, 5) is 16.4. The number of carbonyl (C=O) groups is 1. The molecule has 1 aliphatic rings. The van der Waals surface area contributed by atoms with Crippen molar-refractivity contribution in [1.29, 1.82) is 0 Å². The Morgan fingerprint density at radius 3 is 2.18 bits per heavy atom. The maximum absolute atomic E-state index is 11.5. The number of piperazine rings is 1. The molecular formula is C13H27N3O. The Morgan fingerprint density at radius 1 is 1.12 bits per heavy atom. The van der Waals surface area contributed by atoms with Crippen LogP contribution in [0.2, 0.25) is 0 Å². The van der Waals surface area contributed by atoms with E-state index in [4.69, 9.17) is 0 Å². The fourth-order valence-corrected chi connectivity index (χ4v) is 2.16. The first kappa shape index (κ1) is 14.5. The predicted molar refractivity (Wildman–Crippen MR) is 71.0 cm³/mol. The molecule has 0 atom stereocenters. The third-order valence-electron chi connectivity index (χ3n) is 3.24. The van der Waals surface area contributed by atoms with Crippen molar-refractivity contribution in [3.8, 4) is 0 Å². The average Bonchev–Trinajstić information content (AvgIpc) is 2.26. The maximum Gasteiger partial charge on any atom is 0.221 e. The summed E-state index contributed by atoms with van der Waals surface area (Å²) < 4.78 is 0. The lowest BCUT2D eigenvalue weighted by Crippen LogP contribution is -2.49. The lowest BCUT2D eigenvalue weighted by atomic mass is 10.2. The van der Waals surface area contributed by atoms with Crippen LogP contribution in [-0.2, 0) is 4.79 Å². The normalized spacial score (nSPS) is 18.9. The van der Waals surface area contributed by atoms with Gasteiger partial charge in [-0.1, -0.05) is 0 Å². The van der Waals surface area contributed by atoms with Crippen LogP contribution in [0, 0.1) is 0 Å². The van der Waals surface area contributed by atoms with E-state index in [1.807, 2.05) is 13.8 Å². The second-order valence-electron chi connectivity index (χ2n) is 5.44. The summed E-state index contributed by atoms with van der Waals surface area (Å²) in [5.41, 5.74) is 0. The Kier molecular flexibility index (Phi) is 5.92. The number of nitrogens with zero attached hydrogens (tertiary/aromatic N) is 2. The van der Waals surface area contributed by atoms with E-state index in [2.05, 4.69) is 29.0 Å². The SMILES string of the molecule is CC(C)NC(=O)CCN1CCN(C(C)C)CC1. The first-order valence-electron chi connectivity index (χ1n) is 6.75. The second-order valence-corrected chi connectivity index (χ2v) is 5.44. The molecule has 0 bridgehead atoms. The van der Waals surface area contributed by atoms with Crippen molar-refractivity contribution in [2.24, 2.45) is 0 Å². The van der Waals surface area contributed by atoms with Crippen molar-refractivity contribution < 1.29 is 4.79 Å². The molecule has 0 spiro atoms. The zero-order valence-corrected chi connectivity index (χ0v) is 11.7. The van der Waals surface area contributed by atoms with Crippen LogP contribution in [0.4, 0.5) is 0 Å². The van der Waals surface area contributed by atoms with E-state index >= 15 is 0 Å². The number of nitrogens with one attached hydrogen (secondary N) is 1. The Bertz CT molecular complexity index is 233. The molecule has 1 aliphatic heterocycles. The van der Waals surface area contributed by atoms with Gasteiger partial charge in [0.05, 0.1) is 0 Å². The Hall–Kier alpha value is -0.610. The van der Waals surface area contributed by atoms with Crippen LogP contribution in [0.25, 0.3) is 0 Å². The van der Waals surface area contributed by atoms with Gasteiger partial charge in [-0.3, -0.25) is 9.69 Å². The zero-order valence-electron chi connectivity index (χ0n) is 11.7. The summed E-state index contributed by atoms with van der Waals surface area (Å²) in [6, 6.07) is 0.890. The summed E-state index contributed by atoms with van der Waals surface area (Å²) in [6.45, 7) is 13.8. The molecule has 4 heteroatoms. The topological polar surface area (TPSA) is 35.6 Å². The van der Waals surface area contributed by atoms with Gasteiger partial charge in [0.1, 0.15) is 0 Å². The average molecular weight is 241 g/mol. The summed E-state index contributed by atoms with van der Waals surface area (Å²) >= 11 is 0. The van der Waals surface area contributed by atoms with Crippen LogP contribution < -0.4 is 5.32 Å². The van der Waals surface area contributed by atoms with Crippen molar-refractivity contribution >= 4 is 5.91 Å². The van der Waals surface area contributed by atoms with E-state index in [0.717, 1.165) is 32.7 Å². The Morgan fingerprint density at radius 2 is 1.71 bits per heavy atom. The monoisotopic (exact) mass is 241 g/mol. The first-order chi connectivity index (χ1) is 7.99. The van der Waals surface area contributed by atoms with Crippen LogP contribution >= 0.6 is 0 Å². The second kappa shape index (κ2) is 6.97. The van der Waals surface area contributed by atoms with Gasteiger partial charge in [0.2, 0.25) is 5.91 Å². The van der Waals surface area contributed by atoms with Gasteiger partial charge in [-0.05, 0) is 27.7 Å². The number of amides is 1. The van der Waals surface area contributed by atoms with Gasteiger partial charge in [-0.2, -0.15) is 0 Å². The van der Waals surface area contributed by atoms with Crippen molar-refractivity contribution in [1.82, 2.24) is 15.1 Å². The van der Waals surface area contributed by atoms with Crippen LogP contribution in [-0.4, -0.2) is 60.5 Å². The molecule has 0 aromatic rings. The van der Waals surface area contributed by atoms with Gasteiger partial charge in [-0.25, -0.2) is 0 Å². The van der Waals surface area contributed by atoms with E-state index in [1.165, 1.54) is 0 Å². The molecule has 1 amide bonds. The lowest BCUT2D eigenvalue weighted by molar-refractivity contribution is -0.122. The van der Waals surface area contributed by atoms with Crippen LogP contribution in [0.1, 0.15) is 34.1 Å². The van der Waals surface area contributed by atoms with Crippen molar-refractivity contribution in [3.05, 3.63) is 0 Å². The molecule has 1 rings (SSSR count). The van der Waals surface area contributed by atoms with Gasteiger partial charge in [0.25, 0.3) is 0 Å². The minimum atomic E-state index is 0.172. The molecule has 0 aromatic carbocycles. The molecule has 4 nitrogen and oxygen atoms in total. The first-order valence-corrected chi connectivity index (χ1v) is 6.75. The highest BCUT2D eigenvalue weighted by Crippen LogP contribution is 2.06. The van der Waals surface area contributed by atoms with Crippen molar-refractivity contribution in [2.45, 2.75) is 46.2 Å². The summed E-state index contributed by atoms with van der Waals surface area (Å²) in [5.74, 6) is 0.172. The zero-order chi connectivity index (χ0) is 12.8. The number of hydrogen-bond donors (Lipinski definition) is 1. The molecule has 1 fully saturated rings. The Balaban J connectivity index is 2.16. The fourth-order valence-electron chi connectivity index (χ4n) is 2.16. The van der Waals surface area contributed by atoms with Crippen LogP contribution in [0.3, 0.4) is 0 Å². The van der Waals surface area contributed by atoms with E-state index in [1.54, 1.807) is 0 Å². The highest BCUT2D eigenvalue weighted by Gasteiger charge is 2.18. The van der Waals surface area contributed by atoms with Gasteiger partial charge in [0, 0.05) is 51.2 Å². The van der Waals surface area contributed by atoms with Gasteiger partial charge in [-0.15, -0.1) is 0 Å². The molecule has 17 heavy (non-hydrogen) atoms. The third kappa shape index (κ3) is 5.50. The summed E-state index contributed by atoms with van der Waals surface area (Å²) in [7, 11) is 0. The van der Waals surface area contributed by atoms with Crippen molar-refractivity contribution in [2.75, 3.05) is 32.7 Å².